The first-order valence-corrected chi connectivity index (χ1v) is 3.59. The van der Waals surface area contributed by atoms with Crippen LogP contribution in [0.3, 0.4) is 0 Å². The predicted octanol–water partition coefficient (Wildman–Crippen LogP) is 0.480. The molecule has 2 N–H and O–H groups in total. The Labute approximate surface area is 59.7 Å². The van der Waals surface area contributed by atoms with Crippen molar-refractivity contribution >= 4 is 5.97 Å². The van der Waals surface area contributed by atoms with Crippen LogP contribution in [0.1, 0.15) is 19.3 Å². The average molecular weight is 144 g/mol. The molecule has 0 unspecified atom stereocenters. The van der Waals surface area contributed by atoms with Gasteiger partial charge in [-0.05, 0) is 25.2 Å². The summed E-state index contributed by atoms with van der Waals surface area (Å²) in [6, 6.07) is 0. The molecule has 0 aromatic carbocycles. The standard InChI is InChI=1S/C7H12O3/c8-4-3-6(7(9)10)5-1-2-5/h5-6,8H,1-4H2,(H,9,10)/t6-/m1/s1. The number of rotatable bonds is 4. The summed E-state index contributed by atoms with van der Waals surface area (Å²) in [6.07, 6.45) is 2.47. The van der Waals surface area contributed by atoms with Crippen LogP contribution >= 0.6 is 0 Å². The highest BCUT2D eigenvalue weighted by Gasteiger charge is 2.35. The SMILES string of the molecule is O=C(O)[C@H](CCO)C1CC1. The molecule has 1 rings (SSSR count). The van der Waals surface area contributed by atoms with Gasteiger partial charge in [-0.15, -0.1) is 0 Å². The van der Waals surface area contributed by atoms with Gasteiger partial charge in [-0.3, -0.25) is 4.79 Å². The lowest BCUT2D eigenvalue weighted by Crippen LogP contribution is -2.16. The van der Waals surface area contributed by atoms with Gasteiger partial charge in [0.2, 0.25) is 0 Å². The van der Waals surface area contributed by atoms with Crippen LogP contribution in [0, 0.1) is 11.8 Å². The number of carboxylic acid groups (broad SMARTS) is 1. The minimum atomic E-state index is -0.753. The van der Waals surface area contributed by atoms with Gasteiger partial charge in [-0.25, -0.2) is 0 Å². The Hall–Kier alpha value is -0.570. The van der Waals surface area contributed by atoms with Gasteiger partial charge in [0.15, 0.2) is 0 Å². The molecule has 1 fully saturated rings. The summed E-state index contributed by atoms with van der Waals surface area (Å²) in [5.74, 6) is -0.689. The molecule has 0 spiro atoms. The highest BCUT2D eigenvalue weighted by molar-refractivity contribution is 5.70. The molecule has 1 atom stereocenters. The number of carbonyl (C=O) groups is 1. The highest BCUT2D eigenvalue weighted by atomic mass is 16.4. The maximum Gasteiger partial charge on any atom is 0.306 e. The summed E-state index contributed by atoms with van der Waals surface area (Å²) in [5.41, 5.74) is 0. The lowest BCUT2D eigenvalue weighted by atomic mass is 10.0. The molecule has 0 radical (unpaired) electrons. The molecule has 0 aromatic heterocycles. The average Bonchev–Trinajstić information content (AvgIpc) is 2.63. The zero-order valence-corrected chi connectivity index (χ0v) is 5.79. The monoisotopic (exact) mass is 144 g/mol. The summed E-state index contributed by atoms with van der Waals surface area (Å²) < 4.78 is 0. The van der Waals surface area contributed by atoms with Gasteiger partial charge >= 0.3 is 5.97 Å². The van der Waals surface area contributed by atoms with Crippen LogP contribution in [0.5, 0.6) is 0 Å². The van der Waals surface area contributed by atoms with E-state index >= 15 is 0 Å². The fourth-order valence-corrected chi connectivity index (χ4v) is 1.20. The zero-order valence-electron chi connectivity index (χ0n) is 5.79. The van der Waals surface area contributed by atoms with Gasteiger partial charge in [-0.1, -0.05) is 0 Å². The Morgan fingerprint density at radius 1 is 1.60 bits per heavy atom. The van der Waals surface area contributed by atoms with E-state index in [9.17, 15) is 4.79 Å². The van der Waals surface area contributed by atoms with E-state index in [0.29, 0.717) is 12.3 Å². The molecule has 3 heteroatoms. The van der Waals surface area contributed by atoms with Crippen LogP contribution in [0.25, 0.3) is 0 Å². The highest BCUT2D eigenvalue weighted by Crippen LogP contribution is 2.38. The molecule has 0 aromatic rings. The first kappa shape index (κ1) is 7.54. The summed E-state index contributed by atoms with van der Waals surface area (Å²) in [5, 5.41) is 17.1. The van der Waals surface area contributed by atoms with E-state index in [2.05, 4.69) is 0 Å². The molecule has 0 bridgehead atoms. The van der Waals surface area contributed by atoms with Crippen molar-refractivity contribution in [2.75, 3.05) is 6.61 Å². The fraction of sp³-hybridized carbons (Fsp3) is 0.857. The van der Waals surface area contributed by atoms with Crippen LogP contribution in [0.4, 0.5) is 0 Å². The number of hydrogen-bond donors (Lipinski definition) is 2. The lowest BCUT2D eigenvalue weighted by molar-refractivity contribution is -0.143. The van der Waals surface area contributed by atoms with Gasteiger partial charge < -0.3 is 10.2 Å². The van der Waals surface area contributed by atoms with Gasteiger partial charge in [0.1, 0.15) is 0 Å². The van der Waals surface area contributed by atoms with Crippen LogP contribution < -0.4 is 0 Å². The first-order valence-electron chi connectivity index (χ1n) is 3.59. The number of aliphatic carboxylic acids is 1. The van der Waals surface area contributed by atoms with Crippen LogP contribution in [0.15, 0.2) is 0 Å². The van der Waals surface area contributed by atoms with Crippen molar-refractivity contribution in [3.63, 3.8) is 0 Å². The van der Waals surface area contributed by atoms with Crippen molar-refractivity contribution < 1.29 is 15.0 Å². The van der Waals surface area contributed by atoms with E-state index in [1.807, 2.05) is 0 Å². The van der Waals surface area contributed by atoms with Gasteiger partial charge in [0.05, 0.1) is 5.92 Å². The summed E-state index contributed by atoms with van der Waals surface area (Å²) >= 11 is 0. The van der Waals surface area contributed by atoms with Crippen molar-refractivity contribution in [2.24, 2.45) is 11.8 Å². The molecule has 1 aliphatic rings. The molecular weight excluding hydrogens is 132 g/mol. The van der Waals surface area contributed by atoms with Crippen molar-refractivity contribution in [3.05, 3.63) is 0 Å². The van der Waals surface area contributed by atoms with E-state index in [0.717, 1.165) is 12.8 Å². The molecule has 0 heterocycles. The molecule has 0 saturated heterocycles. The maximum atomic E-state index is 10.5. The van der Waals surface area contributed by atoms with Gasteiger partial charge in [0.25, 0.3) is 0 Å². The third-order valence-corrected chi connectivity index (χ3v) is 1.95. The summed E-state index contributed by atoms with van der Waals surface area (Å²) in [6.45, 7) is -0.00648. The van der Waals surface area contributed by atoms with Crippen LogP contribution in [0.2, 0.25) is 0 Å². The Balaban J connectivity index is 2.34. The van der Waals surface area contributed by atoms with Gasteiger partial charge in [0, 0.05) is 6.61 Å². The lowest BCUT2D eigenvalue weighted by Gasteiger charge is -2.07. The quantitative estimate of drug-likeness (QED) is 0.603. The molecular formula is C7H12O3. The second kappa shape index (κ2) is 3.01. The van der Waals surface area contributed by atoms with E-state index in [-0.39, 0.29) is 12.5 Å². The molecule has 10 heavy (non-hydrogen) atoms. The Kier molecular flexibility index (Phi) is 2.27. The third-order valence-electron chi connectivity index (χ3n) is 1.95. The number of aliphatic hydroxyl groups excluding tert-OH is 1. The van der Waals surface area contributed by atoms with Crippen molar-refractivity contribution in [2.45, 2.75) is 19.3 Å². The van der Waals surface area contributed by atoms with Gasteiger partial charge in [-0.2, -0.15) is 0 Å². The van der Waals surface area contributed by atoms with E-state index in [1.54, 1.807) is 0 Å². The molecule has 1 aliphatic carbocycles. The Morgan fingerprint density at radius 2 is 2.20 bits per heavy atom. The molecule has 1 saturated carbocycles. The smallest absolute Gasteiger partial charge is 0.306 e. The normalized spacial score (nSPS) is 20.5. The number of carboxylic acids is 1. The van der Waals surface area contributed by atoms with Crippen molar-refractivity contribution in [3.8, 4) is 0 Å². The fourth-order valence-electron chi connectivity index (χ4n) is 1.20. The number of hydrogen-bond acceptors (Lipinski definition) is 2. The Bertz CT molecular complexity index is 129. The predicted molar refractivity (Wildman–Crippen MR) is 35.6 cm³/mol. The van der Waals surface area contributed by atoms with E-state index in [4.69, 9.17) is 10.2 Å². The zero-order chi connectivity index (χ0) is 7.56. The largest absolute Gasteiger partial charge is 0.481 e. The molecule has 58 valence electrons. The third kappa shape index (κ3) is 1.70. The molecule has 3 nitrogen and oxygen atoms in total. The summed E-state index contributed by atoms with van der Waals surface area (Å²) in [4.78, 5) is 10.5. The van der Waals surface area contributed by atoms with Crippen molar-refractivity contribution in [1.82, 2.24) is 0 Å². The van der Waals surface area contributed by atoms with E-state index < -0.39 is 5.97 Å². The molecule has 0 amide bonds. The first-order chi connectivity index (χ1) is 4.75. The molecule has 0 aliphatic heterocycles. The second-order valence-corrected chi connectivity index (χ2v) is 2.79. The minimum Gasteiger partial charge on any atom is -0.481 e. The van der Waals surface area contributed by atoms with Crippen LogP contribution in [-0.4, -0.2) is 22.8 Å². The van der Waals surface area contributed by atoms with E-state index in [1.165, 1.54) is 0 Å². The van der Waals surface area contributed by atoms with Crippen LogP contribution in [-0.2, 0) is 4.79 Å². The number of aliphatic hydroxyl groups is 1. The minimum absolute atomic E-state index is 0.00648. The second-order valence-electron chi connectivity index (χ2n) is 2.79. The Morgan fingerprint density at radius 3 is 2.50 bits per heavy atom. The summed E-state index contributed by atoms with van der Waals surface area (Å²) in [7, 11) is 0. The topological polar surface area (TPSA) is 57.5 Å². The van der Waals surface area contributed by atoms with Crippen molar-refractivity contribution in [1.29, 1.82) is 0 Å². The maximum absolute atomic E-state index is 10.5.